The van der Waals surface area contributed by atoms with E-state index >= 15 is 0 Å². The largest absolute Gasteiger partial charge is 0.497 e. The Hall–Kier alpha value is -4.09. The van der Waals surface area contributed by atoms with Crippen molar-refractivity contribution >= 4 is 39.1 Å². The molecule has 0 atom stereocenters. The molecule has 0 bridgehead atoms. The number of anilines is 2. The summed E-state index contributed by atoms with van der Waals surface area (Å²) in [6.07, 6.45) is 1.31. The summed E-state index contributed by atoms with van der Waals surface area (Å²) in [6.45, 7) is 0.122. The van der Waals surface area contributed by atoms with Gasteiger partial charge in [-0.05, 0) is 35.9 Å². The molecule has 0 aliphatic carbocycles. The average molecular weight is 549 g/mol. The number of sulfonamides is 1. The summed E-state index contributed by atoms with van der Waals surface area (Å²) in [4.78, 5) is 21.3. The average Bonchev–Trinajstić information content (AvgIpc) is 2.94. The number of para-hydroxylation sites is 1. The van der Waals surface area contributed by atoms with Gasteiger partial charge in [0.05, 0.1) is 44.1 Å². The van der Waals surface area contributed by atoms with Crippen LogP contribution in [-0.4, -0.2) is 44.3 Å². The van der Waals surface area contributed by atoms with Crippen LogP contribution in [-0.2, 0) is 21.4 Å². The summed E-state index contributed by atoms with van der Waals surface area (Å²) in [5.74, 6) is 1.08. The molecule has 38 heavy (non-hydrogen) atoms. The number of thioether (sulfide) groups is 1. The van der Waals surface area contributed by atoms with E-state index in [0.717, 1.165) is 17.3 Å². The summed E-state index contributed by atoms with van der Waals surface area (Å²) >= 11 is 1.13. The number of amides is 1. The van der Waals surface area contributed by atoms with E-state index in [1.54, 1.807) is 62.8 Å². The Bertz CT molecular complexity index is 1610. The molecule has 5 rings (SSSR count). The van der Waals surface area contributed by atoms with E-state index in [-0.39, 0.29) is 23.1 Å². The van der Waals surface area contributed by atoms with Crippen LogP contribution in [0.4, 0.5) is 11.4 Å². The molecule has 0 fully saturated rings. The van der Waals surface area contributed by atoms with Crippen molar-refractivity contribution in [2.75, 3.05) is 29.6 Å². The Morgan fingerprint density at radius 2 is 1.71 bits per heavy atom. The van der Waals surface area contributed by atoms with Crippen molar-refractivity contribution < 1.29 is 22.7 Å². The lowest BCUT2D eigenvalue weighted by Gasteiger charge is -2.31. The van der Waals surface area contributed by atoms with E-state index in [2.05, 4.69) is 15.3 Å². The SMILES string of the molecule is COc1cccc(CN2c3ccccc3-c3nc(SCC(=O)Nc4cccc(OC)c4)ncc3S2(=O)=O)c1. The lowest BCUT2D eigenvalue weighted by atomic mass is 10.1. The molecule has 9 nitrogen and oxygen atoms in total. The fourth-order valence-electron chi connectivity index (χ4n) is 4.08. The van der Waals surface area contributed by atoms with Gasteiger partial charge in [-0.3, -0.25) is 9.10 Å². The quantitative estimate of drug-likeness (QED) is 0.251. The first-order valence-corrected chi connectivity index (χ1v) is 14.0. The zero-order chi connectivity index (χ0) is 26.7. The van der Waals surface area contributed by atoms with Crippen molar-refractivity contribution in [2.24, 2.45) is 0 Å². The minimum atomic E-state index is -3.94. The van der Waals surface area contributed by atoms with Crippen molar-refractivity contribution in [3.63, 3.8) is 0 Å². The van der Waals surface area contributed by atoms with E-state index < -0.39 is 10.0 Å². The monoisotopic (exact) mass is 548 g/mol. The number of hydrogen-bond acceptors (Lipinski definition) is 8. The number of benzene rings is 3. The molecule has 0 saturated heterocycles. The van der Waals surface area contributed by atoms with E-state index in [4.69, 9.17) is 9.47 Å². The maximum atomic E-state index is 13.7. The second-order valence-electron chi connectivity index (χ2n) is 8.31. The van der Waals surface area contributed by atoms with Crippen molar-refractivity contribution in [1.29, 1.82) is 0 Å². The predicted molar refractivity (Wildman–Crippen MR) is 146 cm³/mol. The third kappa shape index (κ3) is 5.15. The van der Waals surface area contributed by atoms with Gasteiger partial charge in [-0.1, -0.05) is 48.2 Å². The molecule has 11 heteroatoms. The molecule has 0 unspecified atom stereocenters. The lowest BCUT2D eigenvalue weighted by molar-refractivity contribution is -0.113. The molecule has 1 amide bonds. The topological polar surface area (TPSA) is 111 Å². The molecular formula is C27H24N4O5S2. The number of carbonyl (C=O) groups excluding carboxylic acids is 1. The second-order valence-corrected chi connectivity index (χ2v) is 11.1. The standard InChI is InChI=1S/C27H24N4O5S2/c1-35-20-9-5-7-18(13-20)16-31-23-12-4-3-11-22(23)26-24(38(31,33)34)15-28-27(30-26)37-17-25(32)29-19-8-6-10-21(14-19)36-2/h3-15H,16-17H2,1-2H3,(H,29,32). The Labute approximate surface area is 224 Å². The lowest BCUT2D eigenvalue weighted by Crippen LogP contribution is -2.34. The summed E-state index contributed by atoms with van der Waals surface area (Å²) < 4.78 is 39.2. The zero-order valence-corrected chi connectivity index (χ0v) is 22.3. The fraction of sp³-hybridized carbons (Fsp3) is 0.148. The van der Waals surface area contributed by atoms with Gasteiger partial charge in [-0.15, -0.1) is 0 Å². The number of fused-ring (bicyclic) bond motifs is 3. The minimum Gasteiger partial charge on any atom is -0.497 e. The normalized spacial score (nSPS) is 13.3. The first-order valence-electron chi connectivity index (χ1n) is 11.6. The Morgan fingerprint density at radius 1 is 0.974 bits per heavy atom. The number of aromatic nitrogens is 2. The Balaban J connectivity index is 1.39. The van der Waals surface area contributed by atoms with Crippen LogP contribution in [0.25, 0.3) is 11.3 Å². The summed E-state index contributed by atoms with van der Waals surface area (Å²) in [6, 6.07) is 21.5. The highest BCUT2D eigenvalue weighted by molar-refractivity contribution is 7.99. The first kappa shape index (κ1) is 25.6. The maximum Gasteiger partial charge on any atom is 0.268 e. The van der Waals surface area contributed by atoms with Crippen molar-refractivity contribution in [3.05, 3.63) is 84.6 Å². The van der Waals surface area contributed by atoms with Crippen LogP contribution in [0.15, 0.2) is 89.0 Å². The third-order valence-corrected chi connectivity index (χ3v) is 8.50. The van der Waals surface area contributed by atoms with Crippen molar-refractivity contribution in [1.82, 2.24) is 9.97 Å². The van der Waals surface area contributed by atoms with E-state index in [0.29, 0.717) is 39.3 Å². The molecule has 0 radical (unpaired) electrons. The second kappa shape index (κ2) is 10.7. The molecule has 0 saturated carbocycles. The van der Waals surface area contributed by atoms with Crippen molar-refractivity contribution in [3.8, 4) is 22.8 Å². The Morgan fingerprint density at radius 3 is 2.50 bits per heavy atom. The van der Waals surface area contributed by atoms with Crippen LogP contribution >= 0.6 is 11.8 Å². The van der Waals surface area contributed by atoms with Crippen LogP contribution in [0.1, 0.15) is 5.56 Å². The highest BCUT2D eigenvalue weighted by Crippen LogP contribution is 2.43. The number of nitrogens with zero attached hydrogens (tertiary/aromatic N) is 3. The summed E-state index contributed by atoms with van der Waals surface area (Å²) in [7, 11) is -0.819. The van der Waals surface area contributed by atoms with Gasteiger partial charge >= 0.3 is 0 Å². The van der Waals surface area contributed by atoms with Gasteiger partial charge in [0.25, 0.3) is 10.0 Å². The number of hydrogen-bond donors (Lipinski definition) is 1. The van der Waals surface area contributed by atoms with Gasteiger partial charge in [0, 0.05) is 17.3 Å². The number of carbonyl (C=O) groups is 1. The van der Waals surface area contributed by atoms with Gasteiger partial charge < -0.3 is 14.8 Å². The third-order valence-electron chi connectivity index (χ3n) is 5.88. The molecule has 3 aromatic carbocycles. The number of methoxy groups -OCH3 is 2. The van der Waals surface area contributed by atoms with Crippen molar-refractivity contribution in [2.45, 2.75) is 16.6 Å². The smallest absolute Gasteiger partial charge is 0.268 e. The van der Waals surface area contributed by atoms with Gasteiger partial charge in [0.2, 0.25) is 5.91 Å². The summed E-state index contributed by atoms with van der Waals surface area (Å²) in [5, 5.41) is 3.11. The molecule has 1 aliphatic rings. The van der Waals surface area contributed by atoms with Crippen LogP contribution in [0.5, 0.6) is 11.5 Å². The Kier molecular flexibility index (Phi) is 7.21. The molecule has 2 heterocycles. The van der Waals surface area contributed by atoms with Crippen LogP contribution in [0.3, 0.4) is 0 Å². The molecule has 4 aromatic rings. The number of ether oxygens (including phenoxy) is 2. The highest BCUT2D eigenvalue weighted by atomic mass is 32.2. The van der Waals surface area contributed by atoms with Crippen LogP contribution in [0, 0.1) is 0 Å². The molecule has 1 N–H and O–H groups in total. The van der Waals surface area contributed by atoms with E-state index in [1.807, 2.05) is 24.3 Å². The van der Waals surface area contributed by atoms with Gasteiger partial charge in [-0.25, -0.2) is 18.4 Å². The fourth-order valence-corrected chi connectivity index (χ4v) is 6.26. The van der Waals surface area contributed by atoms with Gasteiger partial charge in [-0.2, -0.15) is 0 Å². The number of nitrogens with one attached hydrogen (secondary N) is 1. The first-order chi connectivity index (χ1) is 18.4. The van der Waals surface area contributed by atoms with E-state index in [9.17, 15) is 13.2 Å². The minimum absolute atomic E-state index is 0.0179. The predicted octanol–water partition coefficient (Wildman–Crippen LogP) is 4.60. The maximum absolute atomic E-state index is 13.7. The molecule has 1 aromatic heterocycles. The number of rotatable bonds is 8. The molecule has 0 spiro atoms. The van der Waals surface area contributed by atoms with Gasteiger partial charge in [0.15, 0.2) is 5.16 Å². The zero-order valence-electron chi connectivity index (χ0n) is 20.6. The molecule has 194 valence electrons. The summed E-state index contributed by atoms with van der Waals surface area (Å²) in [5.41, 5.74) is 2.89. The molecular weight excluding hydrogens is 524 g/mol. The van der Waals surface area contributed by atoms with Crippen LogP contribution in [0.2, 0.25) is 0 Å². The van der Waals surface area contributed by atoms with Crippen LogP contribution < -0.4 is 19.1 Å². The van der Waals surface area contributed by atoms with E-state index in [1.165, 1.54) is 10.5 Å². The van der Waals surface area contributed by atoms with Gasteiger partial charge in [0.1, 0.15) is 16.4 Å². The molecule has 1 aliphatic heterocycles. The highest BCUT2D eigenvalue weighted by Gasteiger charge is 2.36.